The summed E-state index contributed by atoms with van der Waals surface area (Å²) < 4.78 is 11.8. The maximum Gasteiger partial charge on any atom is 0.213 e. The van der Waals surface area contributed by atoms with Gasteiger partial charge >= 0.3 is 0 Å². The molecule has 2 rings (SSSR count). The molecule has 0 aromatic carbocycles. The minimum Gasteiger partial charge on any atom is -0.474 e. The van der Waals surface area contributed by atoms with Crippen molar-refractivity contribution < 1.29 is 9.47 Å². The molecule has 1 aliphatic heterocycles. The van der Waals surface area contributed by atoms with Crippen molar-refractivity contribution in [2.24, 2.45) is 0 Å². The molecule has 20 heavy (non-hydrogen) atoms. The monoisotopic (exact) mass is 278 g/mol. The van der Waals surface area contributed by atoms with Crippen LogP contribution in [0.4, 0.5) is 0 Å². The summed E-state index contributed by atoms with van der Waals surface area (Å²) in [7, 11) is 0. The number of rotatable bonds is 6. The van der Waals surface area contributed by atoms with Gasteiger partial charge in [-0.1, -0.05) is 13.0 Å². The van der Waals surface area contributed by atoms with Gasteiger partial charge < -0.3 is 14.8 Å². The molecular weight excluding hydrogens is 252 g/mol. The summed E-state index contributed by atoms with van der Waals surface area (Å²) in [6, 6.07) is 5.98. The quantitative estimate of drug-likeness (QED) is 0.813. The van der Waals surface area contributed by atoms with Crippen LogP contribution < -0.4 is 10.1 Å². The van der Waals surface area contributed by atoms with Crippen LogP contribution in [-0.2, 0) is 11.3 Å². The van der Waals surface area contributed by atoms with E-state index in [1.165, 1.54) is 0 Å². The van der Waals surface area contributed by atoms with Crippen LogP contribution in [0.15, 0.2) is 18.2 Å². The van der Waals surface area contributed by atoms with E-state index >= 15 is 0 Å². The van der Waals surface area contributed by atoms with Gasteiger partial charge in [-0.3, -0.25) is 0 Å². The topological polar surface area (TPSA) is 43.4 Å². The Hall–Kier alpha value is -1.13. The Balaban J connectivity index is 1.90. The minimum absolute atomic E-state index is 0.208. The molecule has 1 fully saturated rings. The average Bonchev–Trinajstić information content (AvgIpc) is 2.38. The van der Waals surface area contributed by atoms with Crippen molar-refractivity contribution in [1.82, 2.24) is 10.3 Å². The summed E-state index contributed by atoms with van der Waals surface area (Å²) in [4.78, 5) is 4.56. The smallest absolute Gasteiger partial charge is 0.213 e. The lowest BCUT2D eigenvalue weighted by atomic mass is 10.0. The largest absolute Gasteiger partial charge is 0.474 e. The molecule has 4 nitrogen and oxygen atoms in total. The van der Waals surface area contributed by atoms with Crippen LogP contribution in [0.5, 0.6) is 5.88 Å². The summed E-state index contributed by atoms with van der Waals surface area (Å²) in [6.07, 6.45) is 3.74. The highest BCUT2D eigenvalue weighted by molar-refractivity contribution is 5.16. The first-order valence-electron chi connectivity index (χ1n) is 7.66. The van der Waals surface area contributed by atoms with Crippen LogP contribution >= 0.6 is 0 Å². The lowest BCUT2D eigenvalue weighted by Gasteiger charge is -2.31. The molecule has 1 aliphatic rings. The van der Waals surface area contributed by atoms with Gasteiger partial charge in [0.1, 0.15) is 6.10 Å². The van der Waals surface area contributed by atoms with Crippen LogP contribution in [-0.4, -0.2) is 29.8 Å². The second kappa shape index (κ2) is 7.60. The fourth-order valence-corrected chi connectivity index (χ4v) is 2.63. The Kier molecular flexibility index (Phi) is 5.80. The molecule has 0 saturated carbocycles. The SMILES string of the molecule is CCCNCc1cccc(OC2CC(C)OC(C)C2)n1. The summed E-state index contributed by atoms with van der Waals surface area (Å²) >= 11 is 0. The lowest BCUT2D eigenvalue weighted by molar-refractivity contribution is -0.0729. The number of ether oxygens (including phenoxy) is 2. The van der Waals surface area contributed by atoms with Gasteiger partial charge in [0, 0.05) is 25.5 Å². The molecule has 1 N–H and O–H groups in total. The predicted octanol–water partition coefficient (Wildman–Crippen LogP) is 2.92. The minimum atomic E-state index is 0.208. The van der Waals surface area contributed by atoms with E-state index in [1.54, 1.807) is 0 Å². The lowest BCUT2D eigenvalue weighted by Crippen LogP contribution is -2.35. The molecular formula is C16H26N2O2. The van der Waals surface area contributed by atoms with E-state index in [1.807, 2.05) is 18.2 Å². The third-order valence-corrected chi connectivity index (χ3v) is 3.46. The Morgan fingerprint density at radius 2 is 2.05 bits per heavy atom. The zero-order chi connectivity index (χ0) is 14.4. The fraction of sp³-hybridized carbons (Fsp3) is 0.688. The van der Waals surface area contributed by atoms with Gasteiger partial charge in [0.25, 0.3) is 0 Å². The molecule has 0 aliphatic carbocycles. The van der Waals surface area contributed by atoms with Crippen molar-refractivity contribution in [3.63, 3.8) is 0 Å². The first-order valence-corrected chi connectivity index (χ1v) is 7.66. The summed E-state index contributed by atoms with van der Waals surface area (Å²) in [5.41, 5.74) is 1.03. The van der Waals surface area contributed by atoms with Gasteiger partial charge in [-0.15, -0.1) is 0 Å². The van der Waals surface area contributed by atoms with Crippen LogP contribution in [0.1, 0.15) is 45.7 Å². The highest BCUT2D eigenvalue weighted by Crippen LogP contribution is 2.23. The molecule has 2 atom stereocenters. The van der Waals surface area contributed by atoms with E-state index in [-0.39, 0.29) is 18.3 Å². The molecule has 1 saturated heterocycles. The van der Waals surface area contributed by atoms with Gasteiger partial charge in [0.15, 0.2) is 0 Å². The van der Waals surface area contributed by atoms with Gasteiger partial charge in [0.05, 0.1) is 17.9 Å². The zero-order valence-corrected chi connectivity index (χ0v) is 12.8. The Labute approximate surface area is 121 Å². The molecule has 0 radical (unpaired) electrons. The second-order valence-electron chi connectivity index (χ2n) is 5.61. The van der Waals surface area contributed by atoms with Gasteiger partial charge in [-0.05, 0) is 32.9 Å². The number of nitrogens with one attached hydrogen (secondary N) is 1. The third-order valence-electron chi connectivity index (χ3n) is 3.46. The van der Waals surface area contributed by atoms with Crippen LogP contribution in [0, 0.1) is 0 Å². The number of pyridine rings is 1. The predicted molar refractivity (Wildman–Crippen MR) is 79.9 cm³/mol. The summed E-state index contributed by atoms with van der Waals surface area (Å²) in [6.45, 7) is 8.18. The van der Waals surface area contributed by atoms with Gasteiger partial charge in [-0.25, -0.2) is 4.98 Å². The van der Waals surface area contributed by atoms with Crippen molar-refractivity contribution >= 4 is 0 Å². The summed E-state index contributed by atoms with van der Waals surface area (Å²) in [5.74, 6) is 0.729. The van der Waals surface area contributed by atoms with Crippen molar-refractivity contribution in [2.75, 3.05) is 6.54 Å². The third kappa shape index (κ3) is 4.76. The van der Waals surface area contributed by atoms with Crippen LogP contribution in [0.25, 0.3) is 0 Å². The fourth-order valence-electron chi connectivity index (χ4n) is 2.63. The second-order valence-corrected chi connectivity index (χ2v) is 5.61. The van der Waals surface area contributed by atoms with E-state index in [0.29, 0.717) is 0 Å². The zero-order valence-electron chi connectivity index (χ0n) is 12.8. The van der Waals surface area contributed by atoms with E-state index in [9.17, 15) is 0 Å². The standard InChI is InChI=1S/C16H26N2O2/c1-4-8-17-11-14-6-5-7-16(18-14)20-15-9-12(2)19-13(3)10-15/h5-7,12-13,15,17H,4,8-11H2,1-3H3. The Bertz CT molecular complexity index is 401. The number of hydrogen-bond donors (Lipinski definition) is 1. The van der Waals surface area contributed by atoms with Crippen molar-refractivity contribution in [1.29, 1.82) is 0 Å². The number of nitrogens with zero attached hydrogens (tertiary/aromatic N) is 1. The van der Waals surface area contributed by atoms with Crippen molar-refractivity contribution in [3.05, 3.63) is 23.9 Å². The molecule has 0 bridgehead atoms. The summed E-state index contributed by atoms with van der Waals surface area (Å²) in [5, 5.41) is 3.36. The van der Waals surface area contributed by atoms with E-state index in [4.69, 9.17) is 9.47 Å². The molecule has 2 unspecified atom stereocenters. The van der Waals surface area contributed by atoms with E-state index in [0.717, 1.165) is 43.9 Å². The molecule has 4 heteroatoms. The van der Waals surface area contributed by atoms with Crippen LogP contribution in [0.2, 0.25) is 0 Å². The Morgan fingerprint density at radius 3 is 2.75 bits per heavy atom. The van der Waals surface area contributed by atoms with Crippen molar-refractivity contribution in [3.8, 4) is 5.88 Å². The highest BCUT2D eigenvalue weighted by atomic mass is 16.5. The molecule has 0 amide bonds. The molecule has 0 spiro atoms. The maximum absolute atomic E-state index is 6.02. The molecule has 1 aromatic heterocycles. The number of hydrogen-bond acceptors (Lipinski definition) is 4. The first kappa shape index (κ1) is 15.3. The van der Waals surface area contributed by atoms with E-state index < -0.39 is 0 Å². The molecule has 2 heterocycles. The first-order chi connectivity index (χ1) is 9.67. The average molecular weight is 278 g/mol. The highest BCUT2D eigenvalue weighted by Gasteiger charge is 2.26. The van der Waals surface area contributed by atoms with E-state index in [2.05, 4.69) is 31.1 Å². The maximum atomic E-state index is 6.02. The van der Waals surface area contributed by atoms with Crippen molar-refractivity contribution in [2.45, 2.75) is 64.9 Å². The van der Waals surface area contributed by atoms with Gasteiger partial charge in [-0.2, -0.15) is 0 Å². The molecule has 1 aromatic rings. The number of aromatic nitrogens is 1. The van der Waals surface area contributed by atoms with Gasteiger partial charge in [0.2, 0.25) is 5.88 Å². The molecule has 112 valence electrons. The normalized spacial score (nSPS) is 26.4. The van der Waals surface area contributed by atoms with Crippen LogP contribution in [0.3, 0.4) is 0 Å². The Morgan fingerprint density at radius 1 is 1.30 bits per heavy atom.